The van der Waals surface area contributed by atoms with E-state index in [-0.39, 0.29) is 22.3 Å². The standard InChI is InChI=1S/C19H20N4O4S2/c1-14-5-3-4-6-16(14)13-28(24,25)22-17-7-9-18(10-8-17)29(26,27)23-19-20-12-11-15(2)21-19/h3-12,22H,13H2,1-2H3,(H,20,21,23). The first-order valence-corrected chi connectivity index (χ1v) is 11.8. The molecule has 0 radical (unpaired) electrons. The van der Waals surface area contributed by atoms with Crippen LogP contribution in [0.2, 0.25) is 0 Å². The second kappa shape index (κ2) is 8.18. The first-order valence-electron chi connectivity index (χ1n) is 8.62. The van der Waals surface area contributed by atoms with Gasteiger partial charge in [-0.1, -0.05) is 24.3 Å². The molecule has 0 spiro atoms. The van der Waals surface area contributed by atoms with E-state index in [4.69, 9.17) is 0 Å². The van der Waals surface area contributed by atoms with Gasteiger partial charge in [0.1, 0.15) is 0 Å². The van der Waals surface area contributed by atoms with Crippen LogP contribution in [-0.2, 0) is 25.8 Å². The first-order chi connectivity index (χ1) is 13.6. The fourth-order valence-electron chi connectivity index (χ4n) is 2.57. The Labute approximate surface area is 170 Å². The van der Waals surface area contributed by atoms with Crippen molar-refractivity contribution in [1.29, 1.82) is 0 Å². The van der Waals surface area contributed by atoms with Gasteiger partial charge in [0.15, 0.2) is 0 Å². The lowest BCUT2D eigenvalue weighted by Gasteiger charge is -2.11. The van der Waals surface area contributed by atoms with Gasteiger partial charge in [-0.15, -0.1) is 0 Å². The molecule has 1 heterocycles. The molecule has 152 valence electrons. The average molecular weight is 433 g/mol. The lowest BCUT2D eigenvalue weighted by Crippen LogP contribution is -2.17. The van der Waals surface area contributed by atoms with Crippen LogP contribution in [0, 0.1) is 13.8 Å². The summed E-state index contributed by atoms with van der Waals surface area (Å²) in [5, 5.41) is 0. The van der Waals surface area contributed by atoms with Crippen LogP contribution in [0.1, 0.15) is 16.8 Å². The Kier molecular flexibility index (Phi) is 5.85. The number of aryl methyl sites for hydroxylation is 2. The summed E-state index contributed by atoms with van der Waals surface area (Å²) >= 11 is 0. The fraction of sp³-hybridized carbons (Fsp3) is 0.158. The van der Waals surface area contributed by atoms with Crippen LogP contribution in [0.3, 0.4) is 0 Å². The summed E-state index contributed by atoms with van der Waals surface area (Å²) in [5.41, 5.74) is 2.46. The Morgan fingerprint density at radius 3 is 2.21 bits per heavy atom. The van der Waals surface area contributed by atoms with Gasteiger partial charge in [0.25, 0.3) is 10.0 Å². The van der Waals surface area contributed by atoms with Crippen molar-refractivity contribution in [1.82, 2.24) is 9.97 Å². The number of sulfonamides is 2. The van der Waals surface area contributed by atoms with Crippen molar-refractivity contribution < 1.29 is 16.8 Å². The molecule has 29 heavy (non-hydrogen) atoms. The number of benzene rings is 2. The summed E-state index contributed by atoms with van der Waals surface area (Å²) in [4.78, 5) is 7.84. The van der Waals surface area contributed by atoms with E-state index in [2.05, 4.69) is 19.4 Å². The molecule has 0 aliphatic rings. The molecule has 2 aromatic carbocycles. The van der Waals surface area contributed by atoms with Crippen molar-refractivity contribution in [2.24, 2.45) is 0 Å². The van der Waals surface area contributed by atoms with E-state index in [0.717, 1.165) is 5.56 Å². The lowest BCUT2D eigenvalue weighted by atomic mass is 10.1. The number of anilines is 2. The Morgan fingerprint density at radius 1 is 0.862 bits per heavy atom. The Morgan fingerprint density at radius 2 is 1.55 bits per heavy atom. The molecule has 0 bridgehead atoms. The molecule has 8 nitrogen and oxygen atoms in total. The summed E-state index contributed by atoms with van der Waals surface area (Å²) in [7, 11) is -7.54. The molecule has 0 aliphatic carbocycles. The van der Waals surface area contributed by atoms with E-state index >= 15 is 0 Å². The zero-order valence-electron chi connectivity index (χ0n) is 15.8. The summed E-state index contributed by atoms with van der Waals surface area (Å²) < 4.78 is 54.5. The Bertz CT molecular complexity index is 1230. The molecule has 0 atom stereocenters. The maximum absolute atomic E-state index is 12.5. The monoisotopic (exact) mass is 432 g/mol. The summed E-state index contributed by atoms with van der Waals surface area (Å²) in [5.74, 6) is -0.209. The van der Waals surface area contributed by atoms with Crippen molar-refractivity contribution in [3.8, 4) is 0 Å². The molecule has 0 fully saturated rings. The number of aromatic nitrogens is 2. The number of nitrogens with one attached hydrogen (secondary N) is 2. The van der Waals surface area contributed by atoms with Crippen LogP contribution in [-0.4, -0.2) is 26.8 Å². The van der Waals surface area contributed by atoms with Crippen molar-refractivity contribution in [2.45, 2.75) is 24.5 Å². The van der Waals surface area contributed by atoms with Gasteiger partial charge in [0.2, 0.25) is 16.0 Å². The van der Waals surface area contributed by atoms with Crippen LogP contribution >= 0.6 is 0 Å². The zero-order valence-corrected chi connectivity index (χ0v) is 17.5. The third-order valence-electron chi connectivity index (χ3n) is 4.07. The third kappa shape index (κ3) is 5.52. The van der Waals surface area contributed by atoms with Crippen molar-refractivity contribution in [2.75, 3.05) is 9.44 Å². The van der Waals surface area contributed by atoms with E-state index in [0.29, 0.717) is 11.3 Å². The molecule has 3 rings (SSSR count). The van der Waals surface area contributed by atoms with Crippen LogP contribution in [0.25, 0.3) is 0 Å². The molecule has 0 unspecified atom stereocenters. The predicted octanol–water partition coefficient (Wildman–Crippen LogP) is 2.84. The van der Waals surface area contributed by atoms with Gasteiger partial charge in [-0.05, 0) is 55.3 Å². The Balaban J connectivity index is 1.73. The van der Waals surface area contributed by atoms with Crippen LogP contribution in [0.5, 0.6) is 0 Å². The smallest absolute Gasteiger partial charge is 0.264 e. The van der Waals surface area contributed by atoms with E-state index in [1.54, 1.807) is 25.1 Å². The minimum Gasteiger partial charge on any atom is -0.283 e. The molecule has 10 heteroatoms. The van der Waals surface area contributed by atoms with Gasteiger partial charge in [-0.25, -0.2) is 31.5 Å². The van der Waals surface area contributed by atoms with Gasteiger partial charge in [-0.3, -0.25) is 4.72 Å². The quantitative estimate of drug-likeness (QED) is 0.593. The molecule has 2 N–H and O–H groups in total. The zero-order chi connectivity index (χ0) is 21.1. The van der Waals surface area contributed by atoms with Crippen LogP contribution in [0.4, 0.5) is 11.6 Å². The van der Waals surface area contributed by atoms with E-state index < -0.39 is 20.0 Å². The fourth-order valence-corrected chi connectivity index (χ4v) is 4.82. The van der Waals surface area contributed by atoms with Gasteiger partial charge in [0.05, 0.1) is 10.6 Å². The normalized spacial score (nSPS) is 11.8. The minimum atomic E-state index is -3.90. The summed E-state index contributed by atoms with van der Waals surface area (Å²) in [6.45, 7) is 3.56. The van der Waals surface area contributed by atoms with Crippen molar-refractivity contribution >= 4 is 31.7 Å². The highest BCUT2D eigenvalue weighted by molar-refractivity contribution is 7.92. The molecule has 0 saturated heterocycles. The van der Waals surface area contributed by atoms with Gasteiger partial charge in [-0.2, -0.15) is 0 Å². The van der Waals surface area contributed by atoms with Crippen LogP contribution < -0.4 is 9.44 Å². The van der Waals surface area contributed by atoms with Gasteiger partial charge >= 0.3 is 0 Å². The molecule has 1 aromatic heterocycles. The van der Waals surface area contributed by atoms with E-state index in [9.17, 15) is 16.8 Å². The third-order valence-corrected chi connectivity index (χ3v) is 6.65. The highest BCUT2D eigenvalue weighted by atomic mass is 32.2. The minimum absolute atomic E-state index is 0.0342. The molecular formula is C19H20N4O4S2. The predicted molar refractivity (Wildman–Crippen MR) is 111 cm³/mol. The summed E-state index contributed by atoms with van der Waals surface area (Å²) in [6.07, 6.45) is 1.45. The number of rotatable bonds is 7. The molecule has 0 amide bonds. The first kappa shape index (κ1) is 20.7. The Hall–Kier alpha value is -2.98. The largest absolute Gasteiger partial charge is 0.283 e. The topological polar surface area (TPSA) is 118 Å². The number of nitrogens with zero attached hydrogens (tertiary/aromatic N) is 2. The molecule has 3 aromatic rings. The number of hydrogen-bond acceptors (Lipinski definition) is 6. The molecule has 0 aliphatic heterocycles. The molecular weight excluding hydrogens is 412 g/mol. The van der Waals surface area contributed by atoms with E-state index in [1.807, 2.05) is 19.1 Å². The van der Waals surface area contributed by atoms with Crippen molar-refractivity contribution in [3.05, 3.63) is 77.6 Å². The van der Waals surface area contributed by atoms with Gasteiger partial charge in [0, 0.05) is 17.6 Å². The second-order valence-corrected chi connectivity index (χ2v) is 9.84. The lowest BCUT2D eigenvalue weighted by molar-refractivity contribution is 0.599. The highest BCUT2D eigenvalue weighted by Crippen LogP contribution is 2.19. The van der Waals surface area contributed by atoms with Crippen molar-refractivity contribution in [3.63, 3.8) is 0 Å². The molecule has 0 saturated carbocycles. The average Bonchev–Trinajstić information content (AvgIpc) is 2.63. The number of hydrogen-bond donors (Lipinski definition) is 2. The maximum Gasteiger partial charge on any atom is 0.264 e. The maximum atomic E-state index is 12.5. The van der Waals surface area contributed by atoms with Crippen LogP contribution in [0.15, 0.2) is 65.7 Å². The highest BCUT2D eigenvalue weighted by Gasteiger charge is 2.17. The SMILES string of the molecule is Cc1ccnc(NS(=O)(=O)c2ccc(NS(=O)(=O)Cc3ccccc3C)cc2)n1. The summed E-state index contributed by atoms with van der Waals surface area (Å²) in [6, 6.07) is 14.3. The second-order valence-electron chi connectivity index (χ2n) is 6.44. The van der Waals surface area contributed by atoms with E-state index in [1.165, 1.54) is 30.5 Å². The van der Waals surface area contributed by atoms with Gasteiger partial charge < -0.3 is 0 Å².